The van der Waals surface area contributed by atoms with Crippen molar-refractivity contribution in [2.75, 3.05) is 33.4 Å². The van der Waals surface area contributed by atoms with Crippen molar-refractivity contribution in [1.29, 1.82) is 0 Å². The van der Waals surface area contributed by atoms with Crippen molar-refractivity contribution in [2.45, 2.75) is 25.8 Å². The van der Waals surface area contributed by atoms with E-state index in [4.69, 9.17) is 4.74 Å². The second kappa shape index (κ2) is 8.58. The lowest BCUT2D eigenvalue weighted by atomic mass is 9.91. The molecule has 8 nitrogen and oxygen atoms in total. The Bertz CT molecular complexity index is 388. The maximum atomic E-state index is 11.8. The number of urea groups is 1. The lowest BCUT2D eigenvalue weighted by Gasteiger charge is -2.36. The average molecular weight is 301 g/mol. The van der Waals surface area contributed by atoms with Crippen LogP contribution in [0.5, 0.6) is 0 Å². The quantitative estimate of drug-likeness (QED) is 0.578. The van der Waals surface area contributed by atoms with Gasteiger partial charge in [-0.1, -0.05) is 6.92 Å². The van der Waals surface area contributed by atoms with Crippen LogP contribution in [0.2, 0.25) is 0 Å². The fraction of sp³-hybridized carbons (Fsp3) is 0.769. The lowest BCUT2D eigenvalue weighted by molar-refractivity contribution is -0.147. The maximum Gasteiger partial charge on any atom is 0.321 e. The Hall–Kier alpha value is -1.67. The van der Waals surface area contributed by atoms with E-state index in [1.165, 1.54) is 7.11 Å². The number of nitrogens with zero attached hydrogens (tertiary/aromatic N) is 1. The van der Waals surface area contributed by atoms with Gasteiger partial charge in [0.15, 0.2) is 0 Å². The summed E-state index contributed by atoms with van der Waals surface area (Å²) in [6, 6.07) is -1.28. The number of aliphatic carboxylic acids is 1. The SMILES string of the molecule is COCCNC(=O)NC(=O)CN1CCCC(C)C1C(=O)O. The number of amides is 3. The first-order valence-electron chi connectivity index (χ1n) is 6.99. The molecule has 0 aromatic rings. The van der Waals surface area contributed by atoms with E-state index in [9.17, 15) is 19.5 Å². The number of piperidine rings is 1. The largest absolute Gasteiger partial charge is 0.480 e. The van der Waals surface area contributed by atoms with Gasteiger partial charge < -0.3 is 15.2 Å². The number of hydrogen-bond acceptors (Lipinski definition) is 5. The second-order valence-electron chi connectivity index (χ2n) is 5.17. The number of carbonyl (C=O) groups is 3. The van der Waals surface area contributed by atoms with Crippen LogP contribution in [-0.2, 0) is 14.3 Å². The minimum atomic E-state index is -0.931. The van der Waals surface area contributed by atoms with Crippen LogP contribution in [0.3, 0.4) is 0 Å². The minimum Gasteiger partial charge on any atom is -0.480 e. The first-order valence-corrected chi connectivity index (χ1v) is 6.99. The second-order valence-corrected chi connectivity index (χ2v) is 5.17. The summed E-state index contributed by atoms with van der Waals surface area (Å²) in [6.45, 7) is 2.96. The summed E-state index contributed by atoms with van der Waals surface area (Å²) in [4.78, 5) is 36.1. The van der Waals surface area contributed by atoms with E-state index in [2.05, 4.69) is 10.6 Å². The van der Waals surface area contributed by atoms with Crippen LogP contribution in [0.4, 0.5) is 4.79 Å². The van der Waals surface area contributed by atoms with Crippen LogP contribution >= 0.6 is 0 Å². The summed E-state index contributed by atoms with van der Waals surface area (Å²) >= 11 is 0. The molecule has 3 N–H and O–H groups in total. The molecule has 21 heavy (non-hydrogen) atoms. The highest BCUT2D eigenvalue weighted by Gasteiger charge is 2.35. The first-order chi connectivity index (χ1) is 9.95. The summed E-state index contributed by atoms with van der Waals surface area (Å²) in [5.74, 6) is -1.45. The molecule has 0 radical (unpaired) electrons. The first kappa shape index (κ1) is 17.4. The number of hydrogen-bond donors (Lipinski definition) is 3. The minimum absolute atomic E-state index is 0.0143. The molecule has 2 atom stereocenters. The van der Waals surface area contributed by atoms with E-state index in [-0.39, 0.29) is 12.5 Å². The monoisotopic (exact) mass is 301 g/mol. The molecule has 0 aromatic carbocycles. The fourth-order valence-electron chi connectivity index (χ4n) is 2.51. The normalized spacial score (nSPS) is 22.6. The molecule has 0 aliphatic carbocycles. The lowest BCUT2D eigenvalue weighted by Crippen LogP contribution is -2.53. The molecule has 1 aliphatic heterocycles. The summed E-state index contributed by atoms with van der Waals surface area (Å²) < 4.78 is 4.77. The highest BCUT2D eigenvalue weighted by Crippen LogP contribution is 2.23. The van der Waals surface area contributed by atoms with Gasteiger partial charge in [-0.3, -0.25) is 19.8 Å². The smallest absolute Gasteiger partial charge is 0.321 e. The number of methoxy groups -OCH3 is 1. The van der Waals surface area contributed by atoms with Gasteiger partial charge in [0.05, 0.1) is 13.2 Å². The number of likely N-dealkylation sites (tertiary alicyclic amines) is 1. The average Bonchev–Trinajstić information content (AvgIpc) is 2.38. The van der Waals surface area contributed by atoms with Crippen LogP contribution in [0.25, 0.3) is 0 Å². The summed E-state index contributed by atoms with van der Waals surface area (Å²) in [5, 5.41) is 13.9. The predicted octanol–water partition coefficient (Wildman–Crippen LogP) is -0.356. The van der Waals surface area contributed by atoms with Gasteiger partial charge in [-0.25, -0.2) is 4.79 Å². The highest BCUT2D eigenvalue weighted by atomic mass is 16.5. The molecule has 8 heteroatoms. The zero-order chi connectivity index (χ0) is 15.8. The van der Waals surface area contributed by atoms with E-state index in [1.807, 2.05) is 6.92 Å². The molecule has 1 heterocycles. The molecule has 1 rings (SSSR count). The number of ether oxygens (including phenoxy) is 1. The van der Waals surface area contributed by atoms with Crippen molar-refractivity contribution in [2.24, 2.45) is 5.92 Å². The molecule has 1 saturated heterocycles. The Balaban J connectivity index is 2.45. The molecule has 3 amide bonds. The number of carbonyl (C=O) groups excluding carboxylic acids is 2. The van der Waals surface area contributed by atoms with E-state index in [0.29, 0.717) is 19.7 Å². The number of imide groups is 1. The highest BCUT2D eigenvalue weighted by molar-refractivity contribution is 5.95. The molecule has 1 fully saturated rings. The Morgan fingerprint density at radius 1 is 1.38 bits per heavy atom. The van der Waals surface area contributed by atoms with Gasteiger partial charge in [0.2, 0.25) is 5.91 Å². The van der Waals surface area contributed by atoms with Gasteiger partial charge in [0.1, 0.15) is 6.04 Å². The van der Waals surface area contributed by atoms with Crippen molar-refractivity contribution >= 4 is 17.9 Å². The number of carboxylic acids is 1. The van der Waals surface area contributed by atoms with Crippen LogP contribution in [0.15, 0.2) is 0 Å². The van der Waals surface area contributed by atoms with Gasteiger partial charge in [0, 0.05) is 13.7 Å². The Labute approximate surface area is 123 Å². The molecule has 120 valence electrons. The fourth-order valence-corrected chi connectivity index (χ4v) is 2.51. The molecule has 0 aromatic heterocycles. The van der Waals surface area contributed by atoms with Crippen molar-refractivity contribution in [3.63, 3.8) is 0 Å². The van der Waals surface area contributed by atoms with Crippen LogP contribution in [0, 0.1) is 5.92 Å². The topological polar surface area (TPSA) is 108 Å². The molecule has 0 spiro atoms. The summed E-state index contributed by atoms with van der Waals surface area (Å²) in [5.41, 5.74) is 0. The Morgan fingerprint density at radius 2 is 2.10 bits per heavy atom. The zero-order valence-electron chi connectivity index (χ0n) is 12.4. The molecule has 2 unspecified atom stereocenters. The summed E-state index contributed by atoms with van der Waals surface area (Å²) in [7, 11) is 1.51. The Kier molecular flexibility index (Phi) is 7.10. The van der Waals surface area contributed by atoms with Crippen molar-refractivity contribution < 1.29 is 24.2 Å². The van der Waals surface area contributed by atoms with E-state index >= 15 is 0 Å². The standard InChI is InChI=1S/C13H23N3O5/c1-9-4-3-6-16(11(9)12(18)19)8-10(17)15-13(20)14-5-7-21-2/h9,11H,3-8H2,1-2H3,(H,18,19)(H2,14,15,17,20). The molecule has 0 saturated carbocycles. The van der Waals surface area contributed by atoms with Gasteiger partial charge in [-0.05, 0) is 25.3 Å². The van der Waals surface area contributed by atoms with Crippen LogP contribution < -0.4 is 10.6 Å². The number of carboxylic acid groups (broad SMARTS) is 1. The van der Waals surface area contributed by atoms with Gasteiger partial charge in [-0.2, -0.15) is 0 Å². The predicted molar refractivity (Wildman–Crippen MR) is 74.8 cm³/mol. The van der Waals surface area contributed by atoms with E-state index in [1.54, 1.807) is 4.90 Å². The van der Waals surface area contributed by atoms with Gasteiger partial charge in [0.25, 0.3) is 0 Å². The molecule has 0 bridgehead atoms. The zero-order valence-corrected chi connectivity index (χ0v) is 12.4. The molecular weight excluding hydrogens is 278 g/mol. The molecular formula is C13H23N3O5. The van der Waals surface area contributed by atoms with Crippen molar-refractivity contribution in [1.82, 2.24) is 15.5 Å². The third-order valence-corrected chi connectivity index (χ3v) is 3.48. The van der Waals surface area contributed by atoms with E-state index < -0.39 is 23.9 Å². The summed E-state index contributed by atoms with van der Waals surface area (Å²) in [6.07, 6.45) is 1.67. The molecule has 1 aliphatic rings. The van der Waals surface area contributed by atoms with Crippen LogP contribution in [-0.4, -0.2) is 67.3 Å². The van der Waals surface area contributed by atoms with Crippen LogP contribution in [0.1, 0.15) is 19.8 Å². The third kappa shape index (κ3) is 5.68. The van der Waals surface area contributed by atoms with Crippen molar-refractivity contribution in [3.8, 4) is 0 Å². The maximum absolute atomic E-state index is 11.8. The van der Waals surface area contributed by atoms with E-state index in [0.717, 1.165) is 12.8 Å². The number of nitrogens with one attached hydrogen (secondary N) is 2. The number of rotatable bonds is 6. The van der Waals surface area contributed by atoms with Gasteiger partial charge >= 0.3 is 12.0 Å². The van der Waals surface area contributed by atoms with Crippen molar-refractivity contribution in [3.05, 3.63) is 0 Å². The van der Waals surface area contributed by atoms with Gasteiger partial charge in [-0.15, -0.1) is 0 Å². The third-order valence-electron chi connectivity index (χ3n) is 3.48. The Morgan fingerprint density at radius 3 is 2.71 bits per heavy atom.